The molecule has 0 aromatic carbocycles. The molecule has 39 heavy (non-hydrogen) atoms. The summed E-state index contributed by atoms with van der Waals surface area (Å²) in [6, 6.07) is 0. The molecule has 0 radical (unpaired) electrons. The highest BCUT2D eigenvalue weighted by molar-refractivity contribution is 7.81. The van der Waals surface area contributed by atoms with Crippen LogP contribution < -0.4 is 0 Å². The minimum absolute atomic E-state index is 0.206. The quantitative estimate of drug-likeness (QED) is 0.267. The van der Waals surface area contributed by atoms with E-state index in [0.717, 1.165) is 25.2 Å². The highest BCUT2D eigenvalue weighted by Crippen LogP contribution is 2.69. The van der Waals surface area contributed by atoms with Crippen LogP contribution >= 0.6 is 0 Å². The highest BCUT2D eigenvalue weighted by Gasteiger charge is 2.63. The van der Waals surface area contributed by atoms with Crippen molar-refractivity contribution in [3.8, 4) is 0 Å². The number of fused-ring (bicyclic) bond motifs is 5. The Morgan fingerprint density at radius 1 is 0.795 bits per heavy atom. The van der Waals surface area contributed by atoms with Crippen LogP contribution in [0.25, 0.3) is 0 Å². The van der Waals surface area contributed by atoms with Crippen molar-refractivity contribution >= 4 is 20.8 Å². The summed E-state index contributed by atoms with van der Waals surface area (Å²) in [5, 5.41) is 0. The van der Waals surface area contributed by atoms with Gasteiger partial charge < -0.3 is 0 Å². The molecule has 4 aliphatic rings. The molecule has 4 aliphatic carbocycles. The normalized spacial score (nSPS) is 42.4. The minimum Gasteiger partial charge on any atom is -0.264 e. The summed E-state index contributed by atoms with van der Waals surface area (Å²) >= 11 is 0. The van der Waals surface area contributed by atoms with Gasteiger partial charge in [0.05, 0.1) is 12.2 Å². The van der Waals surface area contributed by atoms with E-state index in [1.54, 1.807) is 0 Å². The Morgan fingerprint density at radius 2 is 1.41 bits per heavy atom. The van der Waals surface area contributed by atoms with Crippen molar-refractivity contribution in [3.05, 3.63) is 0 Å². The maximum absolute atomic E-state index is 11.9. The Kier molecular flexibility index (Phi) is 9.29. The van der Waals surface area contributed by atoms with Crippen LogP contribution in [0.4, 0.5) is 0 Å². The summed E-state index contributed by atoms with van der Waals surface area (Å²) in [5.74, 6) is 3.64. The van der Waals surface area contributed by atoms with E-state index in [1.165, 1.54) is 25.7 Å². The fraction of sp³-hybridized carbons (Fsp3) is 1.00. The summed E-state index contributed by atoms with van der Waals surface area (Å²) in [5.41, 5.74) is -0.0504. The van der Waals surface area contributed by atoms with Crippen LogP contribution in [0.1, 0.15) is 112 Å². The molecule has 2 N–H and O–H groups in total. The van der Waals surface area contributed by atoms with Gasteiger partial charge >= 0.3 is 20.8 Å². The average Bonchev–Trinajstić information content (AvgIpc) is 3.15. The fourth-order valence-corrected chi connectivity index (χ4v) is 11.5. The third kappa shape index (κ3) is 6.56. The first kappa shape index (κ1) is 31.7. The first-order valence-corrected chi connectivity index (χ1v) is 18.0. The zero-order valence-corrected chi connectivity index (χ0v) is 26.3. The van der Waals surface area contributed by atoms with Crippen LogP contribution in [0.2, 0.25) is 0 Å². The molecule has 4 rings (SSSR count). The smallest absolute Gasteiger partial charge is 0.264 e. The topological polar surface area (TPSA) is 127 Å². The Balaban J connectivity index is 1.56. The van der Waals surface area contributed by atoms with E-state index in [2.05, 4.69) is 41.5 Å². The fourth-order valence-electron chi connectivity index (χ4n) is 10.4. The van der Waals surface area contributed by atoms with Crippen molar-refractivity contribution in [2.24, 2.45) is 58.2 Å². The lowest BCUT2D eigenvalue weighted by Gasteiger charge is -2.62. The van der Waals surface area contributed by atoms with Gasteiger partial charge in [0.1, 0.15) is 0 Å². The first-order chi connectivity index (χ1) is 18.0. The van der Waals surface area contributed by atoms with Gasteiger partial charge in [0, 0.05) is 0 Å². The predicted molar refractivity (Wildman–Crippen MR) is 150 cm³/mol. The van der Waals surface area contributed by atoms with Crippen LogP contribution in [0.5, 0.6) is 0 Å². The van der Waals surface area contributed by atoms with Crippen molar-refractivity contribution in [1.82, 2.24) is 0 Å². The van der Waals surface area contributed by atoms with Crippen molar-refractivity contribution in [2.45, 2.75) is 124 Å². The second kappa shape index (κ2) is 11.4. The molecule has 4 saturated carbocycles. The molecule has 0 saturated heterocycles. The second-order valence-corrected chi connectivity index (χ2v) is 16.5. The largest absolute Gasteiger partial charge is 0.397 e. The monoisotopic (exact) mass is 592 g/mol. The van der Waals surface area contributed by atoms with Crippen molar-refractivity contribution in [2.75, 3.05) is 0 Å². The van der Waals surface area contributed by atoms with Crippen molar-refractivity contribution < 1.29 is 34.3 Å². The van der Waals surface area contributed by atoms with Crippen LogP contribution in [0.3, 0.4) is 0 Å². The molecule has 0 amide bonds. The summed E-state index contributed by atoms with van der Waals surface area (Å²) in [6.45, 7) is 14.1. The third-order valence-corrected chi connectivity index (χ3v) is 13.3. The lowest BCUT2D eigenvalue weighted by molar-refractivity contribution is -0.164. The minimum atomic E-state index is -4.69. The molecule has 0 aliphatic heterocycles. The van der Waals surface area contributed by atoms with Crippen molar-refractivity contribution in [1.29, 1.82) is 0 Å². The maximum atomic E-state index is 11.9. The Bertz CT molecular complexity index is 1070. The van der Waals surface area contributed by atoms with E-state index in [0.29, 0.717) is 54.8 Å². The molecule has 0 heterocycles. The lowest BCUT2D eigenvalue weighted by atomic mass is 9.43. The van der Waals surface area contributed by atoms with E-state index in [-0.39, 0.29) is 23.2 Å². The van der Waals surface area contributed by atoms with Gasteiger partial charge in [0.25, 0.3) is 0 Å². The SMILES string of the molecule is CCC(CC[C@@H](C)[C@H]1CC[C@H]2[C@@H]3C[C@@H](OS(=O)(=O)O)C4C[C@@H](OS(=O)(=O)O)CC[C@]4(C)[C@H]3CC[C@]12C)C(C)C. The van der Waals surface area contributed by atoms with Crippen LogP contribution in [0.15, 0.2) is 0 Å². The number of hydrogen-bond acceptors (Lipinski definition) is 6. The zero-order chi connectivity index (χ0) is 29.0. The number of hydrogen-bond donors (Lipinski definition) is 2. The molecule has 0 aromatic rings. The molecular formula is C29H52O8S2. The Labute approximate surface area is 237 Å². The van der Waals surface area contributed by atoms with Gasteiger partial charge in [0.15, 0.2) is 0 Å². The lowest BCUT2D eigenvalue weighted by Crippen LogP contribution is -2.59. The number of rotatable bonds is 10. The summed E-state index contributed by atoms with van der Waals surface area (Å²) < 4.78 is 76.0. The first-order valence-electron chi connectivity index (χ1n) is 15.3. The molecule has 11 atom stereocenters. The Hall–Kier alpha value is -0.260. The van der Waals surface area contributed by atoms with Gasteiger partial charge in [-0.2, -0.15) is 16.8 Å². The van der Waals surface area contributed by atoms with E-state index in [1.807, 2.05) is 0 Å². The molecule has 8 nitrogen and oxygen atoms in total. The third-order valence-electron chi connectivity index (χ3n) is 12.3. The molecule has 4 fully saturated rings. The Morgan fingerprint density at radius 3 is 2.00 bits per heavy atom. The molecule has 0 bridgehead atoms. The molecule has 228 valence electrons. The van der Waals surface area contributed by atoms with Gasteiger partial charge in [0.2, 0.25) is 0 Å². The molecular weight excluding hydrogens is 540 g/mol. The van der Waals surface area contributed by atoms with Crippen LogP contribution in [-0.4, -0.2) is 38.1 Å². The van der Waals surface area contributed by atoms with Gasteiger partial charge in [-0.25, -0.2) is 8.37 Å². The van der Waals surface area contributed by atoms with E-state index >= 15 is 0 Å². The molecule has 2 unspecified atom stereocenters. The summed E-state index contributed by atoms with van der Waals surface area (Å²) in [6.07, 6.45) is 8.81. The summed E-state index contributed by atoms with van der Waals surface area (Å²) in [4.78, 5) is 0. The molecule has 10 heteroatoms. The van der Waals surface area contributed by atoms with Gasteiger partial charge in [-0.3, -0.25) is 9.11 Å². The van der Waals surface area contributed by atoms with Gasteiger partial charge in [-0.05, 0) is 116 Å². The standard InChI is InChI=1S/C29H52O8S2/c1-7-20(18(2)3)9-8-19(4)23-10-11-24-22-17-27(37-39(33,34)35)26-16-21(36-38(30,31)32)12-14-29(26,6)25(22)13-15-28(23,24)5/h18-27H,7-17H2,1-6H3,(H,30,31,32)(H,33,34,35)/t19-,20?,21+,22+,23-,24+,25+,26?,27-,28-,29-/m1/s1. The zero-order valence-electron chi connectivity index (χ0n) is 24.7. The molecule has 0 aromatic heterocycles. The molecule has 0 spiro atoms. The maximum Gasteiger partial charge on any atom is 0.397 e. The van der Waals surface area contributed by atoms with E-state index in [9.17, 15) is 25.9 Å². The predicted octanol–water partition coefficient (Wildman–Crippen LogP) is 6.73. The highest BCUT2D eigenvalue weighted by atomic mass is 32.3. The van der Waals surface area contributed by atoms with Crippen LogP contribution in [-0.2, 0) is 29.2 Å². The van der Waals surface area contributed by atoms with Gasteiger partial charge in [-0.1, -0.05) is 54.4 Å². The van der Waals surface area contributed by atoms with Gasteiger partial charge in [-0.15, -0.1) is 0 Å². The average molecular weight is 593 g/mol. The van der Waals surface area contributed by atoms with Crippen LogP contribution in [0, 0.1) is 58.2 Å². The summed E-state index contributed by atoms with van der Waals surface area (Å²) in [7, 11) is -9.30. The van der Waals surface area contributed by atoms with E-state index < -0.39 is 33.0 Å². The van der Waals surface area contributed by atoms with E-state index in [4.69, 9.17) is 8.37 Å². The van der Waals surface area contributed by atoms with Crippen molar-refractivity contribution in [3.63, 3.8) is 0 Å². The second-order valence-electron chi connectivity index (χ2n) is 14.4.